The van der Waals surface area contributed by atoms with Gasteiger partial charge in [-0.1, -0.05) is 11.2 Å². The van der Waals surface area contributed by atoms with E-state index >= 15 is 0 Å². The van der Waals surface area contributed by atoms with Crippen molar-refractivity contribution in [3.05, 3.63) is 71.9 Å². The van der Waals surface area contributed by atoms with Gasteiger partial charge in [0.15, 0.2) is 0 Å². The van der Waals surface area contributed by atoms with Crippen molar-refractivity contribution in [1.29, 1.82) is 0 Å². The van der Waals surface area contributed by atoms with Crippen molar-refractivity contribution in [1.82, 2.24) is 29.5 Å². The summed E-state index contributed by atoms with van der Waals surface area (Å²) in [5, 5.41) is 8.46. The fraction of sp³-hybridized carbons (Fsp3) is 0.250. The van der Waals surface area contributed by atoms with Gasteiger partial charge < -0.3 is 9.09 Å². The fourth-order valence-corrected chi connectivity index (χ4v) is 4.12. The van der Waals surface area contributed by atoms with Gasteiger partial charge in [-0.3, -0.25) is 14.6 Å². The SMILES string of the molecule is Cc1ccc([C@@H](C)n2cc(-c3cnn(C)c3)c3ncc(-c4c(C)noc4C)cc32)nc1. The third kappa shape index (κ3) is 3.22. The molecule has 0 aromatic carbocycles. The molecule has 0 saturated heterocycles. The zero-order chi connectivity index (χ0) is 21.7. The molecule has 5 heterocycles. The van der Waals surface area contributed by atoms with E-state index in [1.54, 1.807) is 0 Å². The van der Waals surface area contributed by atoms with E-state index in [1.807, 2.05) is 57.3 Å². The molecule has 0 fully saturated rings. The molecular weight excluding hydrogens is 388 g/mol. The summed E-state index contributed by atoms with van der Waals surface area (Å²) in [5.74, 6) is 0.789. The highest BCUT2D eigenvalue weighted by molar-refractivity contribution is 5.95. The molecule has 5 aromatic rings. The quantitative estimate of drug-likeness (QED) is 0.414. The van der Waals surface area contributed by atoms with Gasteiger partial charge in [0.25, 0.3) is 0 Å². The standard InChI is InChI=1S/C24H24N6O/c1-14-6-7-21(25-9-14)16(3)30-13-20(19-11-27-29(5)12-19)24-22(30)8-18(10-26-24)23-15(2)28-31-17(23)4/h6-13,16H,1-5H3/t16-/m1/s1. The van der Waals surface area contributed by atoms with Crippen LogP contribution < -0.4 is 0 Å². The Morgan fingerprint density at radius 1 is 0.968 bits per heavy atom. The van der Waals surface area contributed by atoms with Crippen LogP contribution in [0.15, 0.2) is 53.7 Å². The van der Waals surface area contributed by atoms with Gasteiger partial charge in [-0.05, 0) is 45.4 Å². The Balaban J connectivity index is 1.74. The van der Waals surface area contributed by atoms with Gasteiger partial charge in [-0.25, -0.2) is 0 Å². The maximum absolute atomic E-state index is 5.39. The summed E-state index contributed by atoms with van der Waals surface area (Å²) in [7, 11) is 1.92. The summed E-state index contributed by atoms with van der Waals surface area (Å²) in [4.78, 5) is 9.53. The van der Waals surface area contributed by atoms with Crippen molar-refractivity contribution in [2.24, 2.45) is 7.05 Å². The minimum atomic E-state index is 0.0373. The van der Waals surface area contributed by atoms with E-state index in [0.717, 1.165) is 56.0 Å². The topological polar surface area (TPSA) is 74.6 Å². The van der Waals surface area contributed by atoms with Crippen LogP contribution >= 0.6 is 0 Å². The largest absolute Gasteiger partial charge is 0.361 e. The number of pyridine rings is 2. The maximum atomic E-state index is 5.39. The second kappa shape index (κ2) is 7.19. The predicted molar refractivity (Wildman–Crippen MR) is 120 cm³/mol. The lowest BCUT2D eigenvalue weighted by molar-refractivity contribution is 0.393. The molecule has 0 spiro atoms. The third-order valence-corrected chi connectivity index (χ3v) is 5.79. The molecule has 7 nitrogen and oxygen atoms in total. The van der Waals surface area contributed by atoms with E-state index < -0.39 is 0 Å². The van der Waals surface area contributed by atoms with E-state index in [-0.39, 0.29) is 6.04 Å². The van der Waals surface area contributed by atoms with Crippen molar-refractivity contribution in [3.63, 3.8) is 0 Å². The van der Waals surface area contributed by atoms with Crippen LogP contribution in [-0.2, 0) is 7.05 Å². The summed E-state index contributed by atoms with van der Waals surface area (Å²) in [6, 6.07) is 6.39. The number of hydrogen-bond donors (Lipinski definition) is 0. The van der Waals surface area contributed by atoms with E-state index in [1.165, 1.54) is 0 Å². The molecule has 0 amide bonds. The predicted octanol–water partition coefficient (Wildman–Crippen LogP) is 5.02. The lowest BCUT2D eigenvalue weighted by Gasteiger charge is -2.15. The van der Waals surface area contributed by atoms with Gasteiger partial charge in [0.05, 0.1) is 34.7 Å². The Morgan fingerprint density at radius 2 is 1.81 bits per heavy atom. The average molecular weight is 412 g/mol. The summed E-state index contributed by atoms with van der Waals surface area (Å²) in [6.07, 6.45) is 9.84. The van der Waals surface area contributed by atoms with Crippen molar-refractivity contribution >= 4 is 11.0 Å². The van der Waals surface area contributed by atoms with Crippen LogP contribution in [-0.4, -0.2) is 29.5 Å². The second-order valence-electron chi connectivity index (χ2n) is 8.08. The van der Waals surface area contributed by atoms with Crippen molar-refractivity contribution in [3.8, 4) is 22.3 Å². The van der Waals surface area contributed by atoms with Crippen LogP contribution in [0.25, 0.3) is 33.3 Å². The highest BCUT2D eigenvalue weighted by Crippen LogP contribution is 2.36. The summed E-state index contributed by atoms with van der Waals surface area (Å²) >= 11 is 0. The van der Waals surface area contributed by atoms with Gasteiger partial charge >= 0.3 is 0 Å². The van der Waals surface area contributed by atoms with Crippen LogP contribution in [0.1, 0.15) is 35.7 Å². The highest BCUT2D eigenvalue weighted by atomic mass is 16.5. The van der Waals surface area contributed by atoms with Gasteiger partial charge in [0, 0.05) is 54.1 Å². The van der Waals surface area contributed by atoms with Gasteiger partial charge in [0.2, 0.25) is 0 Å². The Bertz CT molecular complexity index is 1370. The Labute approximate surface area is 180 Å². The van der Waals surface area contributed by atoms with Crippen LogP contribution in [0.4, 0.5) is 0 Å². The number of aryl methyl sites for hydroxylation is 4. The molecule has 0 aliphatic heterocycles. The van der Waals surface area contributed by atoms with E-state index in [4.69, 9.17) is 9.51 Å². The normalized spacial score (nSPS) is 12.5. The van der Waals surface area contributed by atoms with Gasteiger partial charge in [-0.15, -0.1) is 0 Å². The number of nitrogens with zero attached hydrogens (tertiary/aromatic N) is 6. The minimum absolute atomic E-state index is 0.0373. The van der Waals surface area contributed by atoms with Crippen molar-refractivity contribution in [2.45, 2.75) is 33.7 Å². The molecule has 0 bridgehead atoms. The molecule has 156 valence electrons. The molecule has 0 aliphatic rings. The molecule has 5 rings (SSSR count). The first kappa shape index (κ1) is 19.2. The van der Waals surface area contributed by atoms with Crippen LogP contribution in [0.5, 0.6) is 0 Å². The Morgan fingerprint density at radius 3 is 2.45 bits per heavy atom. The fourth-order valence-electron chi connectivity index (χ4n) is 4.12. The van der Waals surface area contributed by atoms with E-state index in [0.29, 0.717) is 0 Å². The number of rotatable bonds is 4. The minimum Gasteiger partial charge on any atom is -0.361 e. The molecule has 0 saturated carbocycles. The number of hydrogen-bond acceptors (Lipinski definition) is 5. The molecule has 0 radical (unpaired) electrons. The molecule has 1 atom stereocenters. The second-order valence-corrected chi connectivity index (χ2v) is 8.08. The van der Waals surface area contributed by atoms with Crippen molar-refractivity contribution in [2.75, 3.05) is 0 Å². The zero-order valence-electron chi connectivity index (χ0n) is 18.3. The summed E-state index contributed by atoms with van der Waals surface area (Å²) < 4.78 is 9.44. The number of aromatic nitrogens is 6. The highest BCUT2D eigenvalue weighted by Gasteiger charge is 2.20. The zero-order valence-corrected chi connectivity index (χ0v) is 18.3. The molecule has 0 aliphatic carbocycles. The van der Waals surface area contributed by atoms with Crippen LogP contribution in [0.3, 0.4) is 0 Å². The smallest absolute Gasteiger partial charge is 0.141 e. The van der Waals surface area contributed by atoms with Crippen LogP contribution in [0.2, 0.25) is 0 Å². The maximum Gasteiger partial charge on any atom is 0.141 e. The summed E-state index contributed by atoms with van der Waals surface area (Å²) in [6.45, 7) is 8.09. The third-order valence-electron chi connectivity index (χ3n) is 5.79. The molecule has 7 heteroatoms. The van der Waals surface area contributed by atoms with E-state index in [9.17, 15) is 0 Å². The monoisotopic (exact) mass is 412 g/mol. The molecular formula is C24H24N6O. The molecule has 0 N–H and O–H groups in total. The summed E-state index contributed by atoms with van der Waals surface area (Å²) in [5.41, 5.74) is 9.04. The van der Waals surface area contributed by atoms with E-state index in [2.05, 4.69) is 51.1 Å². The average Bonchev–Trinajstić information content (AvgIpc) is 3.44. The first-order valence-corrected chi connectivity index (χ1v) is 10.3. The van der Waals surface area contributed by atoms with Gasteiger partial charge in [-0.2, -0.15) is 5.10 Å². The van der Waals surface area contributed by atoms with Crippen molar-refractivity contribution < 1.29 is 4.52 Å². The van der Waals surface area contributed by atoms with Crippen LogP contribution in [0, 0.1) is 20.8 Å². The Kier molecular flexibility index (Phi) is 4.46. The Hall–Kier alpha value is -3.74. The first-order chi connectivity index (χ1) is 14.9. The molecule has 31 heavy (non-hydrogen) atoms. The first-order valence-electron chi connectivity index (χ1n) is 10.3. The lowest BCUT2D eigenvalue weighted by atomic mass is 10.0. The lowest BCUT2D eigenvalue weighted by Crippen LogP contribution is -2.07. The number of fused-ring (bicyclic) bond motifs is 1. The molecule has 5 aromatic heterocycles. The molecule has 0 unspecified atom stereocenters. The van der Waals surface area contributed by atoms with Gasteiger partial charge in [0.1, 0.15) is 5.76 Å².